The smallest absolute Gasteiger partial charge is 0.322 e. The van der Waals surface area contributed by atoms with Gasteiger partial charge < -0.3 is 4.42 Å². The molecule has 10 nitrogen and oxygen atoms in total. The second kappa shape index (κ2) is 10.5. The molecule has 1 aliphatic carbocycles. The lowest BCUT2D eigenvalue weighted by Crippen LogP contribution is -2.41. The number of rotatable bonds is 8. The van der Waals surface area contributed by atoms with Crippen LogP contribution in [-0.4, -0.2) is 56.1 Å². The number of carbonyl (C=O) groups is 1. The molecular weight excluding hydrogens is 504 g/mol. The molecule has 0 aliphatic heterocycles. The maximum atomic E-state index is 13.2. The molecule has 4 rings (SSSR count). The van der Waals surface area contributed by atoms with E-state index in [1.165, 1.54) is 36.4 Å². The summed E-state index contributed by atoms with van der Waals surface area (Å²) in [5.74, 6) is -0.515. The van der Waals surface area contributed by atoms with Crippen molar-refractivity contribution in [2.75, 3.05) is 18.1 Å². The summed E-state index contributed by atoms with van der Waals surface area (Å²) in [4.78, 5) is 12.9. The molecule has 1 amide bonds. The Hall–Kier alpha value is -3.09. The number of carbonyl (C=O) groups excluding carboxylic acids is 1. The van der Waals surface area contributed by atoms with E-state index in [4.69, 9.17) is 4.42 Å². The van der Waals surface area contributed by atoms with E-state index in [0.717, 1.165) is 38.4 Å². The molecule has 1 heterocycles. The first-order valence-corrected chi connectivity index (χ1v) is 15.0. The number of sulfone groups is 1. The van der Waals surface area contributed by atoms with Gasteiger partial charge in [0, 0.05) is 30.0 Å². The number of aromatic nitrogens is 2. The topological polar surface area (TPSA) is 140 Å². The van der Waals surface area contributed by atoms with Crippen LogP contribution in [0.3, 0.4) is 0 Å². The zero-order valence-corrected chi connectivity index (χ0v) is 21.7. The van der Waals surface area contributed by atoms with Crippen molar-refractivity contribution in [2.24, 2.45) is 0 Å². The molecule has 192 valence electrons. The number of amides is 1. The van der Waals surface area contributed by atoms with E-state index >= 15 is 0 Å². The molecule has 1 N–H and O–H groups in total. The minimum Gasteiger partial charge on any atom is -0.403 e. The minimum absolute atomic E-state index is 0.00146. The Morgan fingerprint density at radius 3 is 2.33 bits per heavy atom. The van der Waals surface area contributed by atoms with Crippen LogP contribution in [0.1, 0.15) is 49.4 Å². The van der Waals surface area contributed by atoms with Gasteiger partial charge in [-0.3, -0.25) is 10.1 Å². The van der Waals surface area contributed by atoms with Crippen molar-refractivity contribution >= 4 is 31.8 Å². The van der Waals surface area contributed by atoms with Crippen LogP contribution in [0, 0.1) is 0 Å². The van der Waals surface area contributed by atoms with Crippen LogP contribution < -0.4 is 5.32 Å². The lowest BCUT2D eigenvalue weighted by molar-refractivity contribution is 0.102. The number of nitrogens with zero attached hydrogens (tertiary/aromatic N) is 3. The Morgan fingerprint density at radius 2 is 1.69 bits per heavy atom. The van der Waals surface area contributed by atoms with Crippen LogP contribution in [0.5, 0.6) is 0 Å². The Bertz CT molecular complexity index is 1440. The molecule has 1 aliphatic rings. The summed E-state index contributed by atoms with van der Waals surface area (Å²) in [6, 6.07) is 11.6. The third kappa shape index (κ3) is 5.66. The molecule has 12 heteroatoms. The average Bonchev–Trinajstić information content (AvgIpc) is 3.33. The molecule has 2 aromatic carbocycles. The van der Waals surface area contributed by atoms with Gasteiger partial charge in [-0.05, 0) is 55.3 Å². The third-order valence-corrected chi connectivity index (χ3v) is 9.32. The number of benzene rings is 2. The van der Waals surface area contributed by atoms with Gasteiger partial charge in [0.15, 0.2) is 9.84 Å². The first kappa shape index (κ1) is 26.0. The van der Waals surface area contributed by atoms with Gasteiger partial charge in [0.05, 0.1) is 9.79 Å². The van der Waals surface area contributed by atoms with Crippen molar-refractivity contribution in [2.45, 2.75) is 54.9 Å². The molecule has 0 atom stereocenters. The molecule has 0 saturated heterocycles. The van der Waals surface area contributed by atoms with Crippen LogP contribution in [0.2, 0.25) is 0 Å². The second-order valence-corrected chi connectivity index (χ2v) is 12.6. The highest BCUT2D eigenvalue weighted by molar-refractivity contribution is 7.90. The highest BCUT2D eigenvalue weighted by Crippen LogP contribution is 2.28. The van der Waals surface area contributed by atoms with E-state index in [1.807, 2.05) is 6.92 Å². The molecule has 0 radical (unpaired) electrons. The van der Waals surface area contributed by atoms with E-state index in [9.17, 15) is 21.6 Å². The summed E-state index contributed by atoms with van der Waals surface area (Å²) in [5.41, 5.74) is 0.604. The molecule has 1 aromatic heterocycles. The second-order valence-electron chi connectivity index (χ2n) is 8.69. The molecule has 1 fully saturated rings. The summed E-state index contributed by atoms with van der Waals surface area (Å²) in [6.07, 6.45) is 5.99. The standard InChI is InChI=1S/C24H28N4O6S2/c1-3-28(19-9-5-4-6-10-19)36(32,33)20-14-12-17(13-15-20)22(29)25-24-27-26-23(34-24)18-8-7-11-21(16-18)35(2,30)31/h7-8,11-16,19H,3-6,9-10H2,1-2H3,(H,25,27,29). The fourth-order valence-corrected chi connectivity index (χ4v) is 6.69. The van der Waals surface area contributed by atoms with Crippen molar-refractivity contribution < 1.29 is 26.0 Å². The largest absolute Gasteiger partial charge is 0.403 e. The molecule has 0 spiro atoms. The normalized spacial score (nSPS) is 15.2. The monoisotopic (exact) mass is 532 g/mol. The van der Waals surface area contributed by atoms with Crippen molar-refractivity contribution in [3.8, 4) is 11.5 Å². The third-order valence-electron chi connectivity index (χ3n) is 6.17. The fraction of sp³-hybridized carbons (Fsp3) is 0.375. The van der Waals surface area contributed by atoms with E-state index < -0.39 is 25.8 Å². The van der Waals surface area contributed by atoms with Crippen LogP contribution in [-0.2, 0) is 19.9 Å². The van der Waals surface area contributed by atoms with Crippen molar-refractivity contribution in [3.05, 3.63) is 54.1 Å². The van der Waals surface area contributed by atoms with Crippen molar-refractivity contribution in [1.29, 1.82) is 0 Å². The maximum absolute atomic E-state index is 13.2. The van der Waals surface area contributed by atoms with Gasteiger partial charge in [-0.15, -0.1) is 5.10 Å². The number of anilines is 1. The zero-order chi connectivity index (χ0) is 25.9. The first-order valence-electron chi connectivity index (χ1n) is 11.7. The number of hydrogen-bond acceptors (Lipinski definition) is 8. The van der Waals surface area contributed by atoms with Crippen LogP contribution in [0.4, 0.5) is 6.01 Å². The van der Waals surface area contributed by atoms with Gasteiger partial charge in [-0.1, -0.05) is 37.4 Å². The van der Waals surface area contributed by atoms with Crippen molar-refractivity contribution in [1.82, 2.24) is 14.5 Å². The Morgan fingerprint density at radius 1 is 1.00 bits per heavy atom. The Kier molecular flexibility index (Phi) is 7.57. The predicted molar refractivity (Wildman–Crippen MR) is 134 cm³/mol. The van der Waals surface area contributed by atoms with Gasteiger partial charge in [0.25, 0.3) is 5.91 Å². The molecule has 0 bridgehead atoms. The Labute approximate surface area is 210 Å². The average molecular weight is 533 g/mol. The lowest BCUT2D eigenvalue weighted by Gasteiger charge is -2.32. The number of nitrogens with one attached hydrogen (secondary N) is 1. The van der Waals surface area contributed by atoms with Gasteiger partial charge >= 0.3 is 6.01 Å². The Balaban J connectivity index is 1.47. The molecular formula is C24H28N4O6S2. The van der Waals surface area contributed by atoms with Gasteiger partial charge in [0.2, 0.25) is 15.9 Å². The van der Waals surface area contributed by atoms with Gasteiger partial charge in [-0.2, -0.15) is 4.31 Å². The van der Waals surface area contributed by atoms with E-state index in [-0.39, 0.29) is 33.3 Å². The van der Waals surface area contributed by atoms with Gasteiger partial charge in [0.1, 0.15) is 0 Å². The van der Waals surface area contributed by atoms with E-state index in [1.54, 1.807) is 16.4 Å². The van der Waals surface area contributed by atoms with E-state index in [0.29, 0.717) is 12.1 Å². The zero-order valence-electron chi connectivity index (χ0n) is 20.0. The molecule has 1 saturated carbocycles. The molecule has 0 unspecified atom stereocenters. The van der Waals surface area contributed by atoms with Gasteiger partial charge in [-0.25, -0.2) is 16.8 Å². The highest BCUT2D eigenvalue weighted by atomic mass is 32.2. The molecule has 3 aromatic rings. The lowest BCUT2D eigenvalue weighted by atomic mass is 9.95. The number of hydrogen-bond donors (Lipinski definition) is 1. The minimum atomic E-state index is -3.68. The summed E-state index contributed by atoms with van der Waals surface area (Å²) in [5, 5.41) is 10.1. The summed E-state index contributed by atoms with van der Waals surface area (Å²) < 4.78 is 57.0. The first-order chi connectivity index (χ1) is 17.1. The SMILES string of the molecule is CCN(C1CCCCC1)S(=O)(=O)c1ccc(C(=O)Nc2nnc(-c3cccc(S(C)(=O)=O)c3)o2)cc1. The maximum Gasteiger partial charge on any atom is 0.322 e. The quantitative estimate of drug-likeness (QED) is 0.463. The van der Waals surface area contributed by atoms with E-state index in [2.05, 4.69) is 15.5 Å². The van der Waals surface area contributed by atoms with Crippen molar-refractivity contribution in [3.63, 3.8) is 0 Å². The predicted octanol–water partition coefficient (Wildman–Crippen LogP) is 3.74. The molecule has 36 heavy (non-hydrogen) atoms. The summed E-state index contributed by atoms with van der Waals surface area (Å²) in [6.45, 7) is 2.23. The van der Waals surface area contributed by atoms with Crippen LogP contribution >= 0.6 is 0 Å². The summed E-state index contributed by atoms with van der Waals surface area (Å²) in [7, 11) is -7.09. The van der Waals surface area contributed by atoms with Crippen LogP contribution in [0.25, 0.3) is 11.5 Å². The fourth-order valence-electron chi connectivity index (χ4n) is 4.33. The van der Waals surface area contributed by atoms with Crippen LogP contribution in [0.15, 0.2) is 62.7 Å². The number of sulfonamides is 1. The summed E-state index contributed by atoms with van der Waals surface area (Å²) >= 11 is 0. The highest BCUT2D eigenvalue weighted by Gasteiger charge is 2.31.